The molecule has 0 aliphatic carbocycles. The molecule has 0 radical (unpaired) electrons. The number of guanidine groups is 1. The summed E-state index contributed by atoms with van der Waals surface area (Å²) < 4.78 is 0. The van der Waals surface area contributed by atoms with Crippen molar-refractivity contribution in [2.45, 2.75) is 13.0 Å². The highest BCUT2D eigenvalue weighted by atomic mass is 35.5. The lowest BCUT2D eigenvalue weighted by atomic mass is 10.1. The molecule has 0 aliphatic heterocycles. The lowest BCUT2D eigenvalue weighted by molar-refractivity contribution is 0.0963. The number of hydrogen-bond donors (Lipinski definition) is 2. The number of aliphatic imine (C=N–C) groups is 1. The number of nitrogens with zero attached hydrogens (tertiary/aromatic N) is 2. The molecular formula is C20H25ClN4O. The molecule has 0 spiro atoms. The van der Waals surface area contributed by atoms with Gasteiger partial charge in [0.15, 0.2) is 5.96 Å². The summed E-state index contributed by atoms with van der Waals surface area (Å²) >= 11 is 6.05. The Labute approximate surface area is 160 Å². The predicted molar refractivity (Wildman–Crippen MR) is 108 cm³/mol. The minimum absolute atomic E-state index is 0.0723. The molecule has 0 unspecified atom stereocenters. The molecule has 0 saturated carbocycles. The van der Waals surface area contributed by atoms with E-state index < -0.39 is 0 Å². The highest BCUT2D eigenvalue weighted by Gasteiger charge is 2.08. The predicted octanol–water partition coefficient (Wildman–Crippen LogP) is 2.95. The van der Waals surface area contributed by atoms with Gasteiger partial charge in [-0.15, -0.1) is 0 Å². The average molecular weight is 373 g/mol. The Hall–Kier alpha value is -2.53. The summed E-state index contributed by atoms with van der Waals surface area (Å²) in [5.41, 5.74) is 2.90. The fourth-order valence-electron chi connectivity index (χ4n) is 2.70. The number of nitrogens with one attached hydrogen (secondary N) is 2. The summed E-state index contributed by atoms with van der Waals surface area (Å²) in [5.74, 6) is 0.740. The van der Waals surface area contributed by atoms with Crippen molar-refractivity contribution >= 4 is 23.5 Å². The number of carbonyl (C=O) groups excluding carboxylic acids is 1. The third-order valence-corrected chi connectivity index (χ3v) is 4.23. The molecule has 2 aromatic rings. The van der Waals surface area contributed by atoms with E-state index in [0.717, 1.165) is 35.1 Å². The second-order valence-electron chi connectivity index (χ2n) is 5.99. The molecule has 0 fully saturated rings. The summed E-state index contributed by atoms with van der Waals surface area (Å²) in [6.45, 7) is 1.44. The normalized spacial score (nSPS) is 11.2. The maximum absolute atomic E-state index is 11.7. The number of rotatable bonds is 6. The quantitative estimate of drug-likeness (QED) is 0.605. The molecule has 0 aromatic heterocycles. The molecule has 0 atom stereocenters. The first-order valence-electron chi connectivity index (χ1n) is 8.50. The second kappa shape index (κ2) is 9.82. The molecule has 6 heteroatoms. The summed E-state index contributed by atoms with van der Waals surface area (Å²) in [4.78, 5) is 18.1. The van der Waals surface area contributed by atoms with Crippen molar-refractivity contribution in [1.82, 2.24) is 15.5 Å². The fraction of sp³-hybridized carbons (Fsp3) is 0.300. The molecule has 2 aromatic carbocycles. The van der Waals surface area contributed by atoms with Crippen LogP contribution < -0.4 is 10.6 Å². The van der Waals surface area contributed by atoms with Crippen molar-refractivity contribution in [3.05, 3.63) is 70.2 Å². The van der Waals surface area contributed by atoms with E-state index in [1.54, 1.807) is 14.1 Å². The summed E-state index contributed by atoms with van der Waals surface area (Å²) in [6, 6.07) is 15.5. The maximum atomic E-state index is 11.7. The molecule has 138 valence electrons. The van der Waals surface area contributed by atoms with Crippen molar-refractivity contribution in [1.29, 1.82) is 0 Å². The minimum Gasteiger partial charge on any atom is -0.356 e. The Kier molecular flexibility index (Phi) is 7.48. The first kappa shape index (κ1) is 19.8. The molecule has 0 heterocycles. The van der Waals surface area contributed by atoms with Crippen molar-refractivity contribution in [2.24, 2.45) is 4.99 Å². The largest absolute Gasteiger partial charge is 0.356 e. The van der Waals surface area contributed by atoms with Crippen LogP contribution in [0.1, 0.15) is 21.5 Å². The van der Waals surface area contributed by atoms with Gasteiger partial charge in [0.25, 0.3) is 5.91 Å². The number of halogens is 1. The van der Waals surface area contributed by atoms with Gasteiger partial charge >= 0.3 is 0 Å². The molecular weight excluding hydrogens is 348 g/mol. The Balaban J connectivity index is 1.89. The third-order valence-electron chi connectivity index (χ3n) is 4.00. The van der Waals surface area contributed by atoms with Crippen LogP contribution in [0.5, 0.6) is 0 Å². The van der Waals surface area contributed by atoms with Gasteiger partial charge in [-0.25, -0.2) is 0 Å². The van der Waals surface area contributed by atoms with Gasteiger partial charge in [-0.05, 0) is 41.8 Å². The van der Waals surface area contributed by atoms with Crippen molar-refractivity contribution < 1.29 is 4.79 Å². The van der Waals surface area contributed by atoms with Crippen LogP contribution in [0.25, 0.3) is 0 Å². The van der Waals surface area contributed by atoms with E-state index in [1.807, 2.05) is 60.5 Å². The standard InChI is InChI=1S/C20H25ClN4O/c1-22-19(26)17-8-4-6-15(12-17)10-11-24-20(23-2)25(3)14-16-7-5-9-18(21)13-16/h4-9,12-13H,10-11,14H2,1-3H3,(H,22,26)(H,23,24). The van der Waals surface area contributed by atoms with E-state index in [4.69, 9.17) is 11.6 Å². The minimum atomic E-state index is -0.0723. The molecule has 5 nitrogen and oxygen atoms in total. The number of hydrogen-bond acceptors (Lipinski definition) is 2. The van der Waals surface area contributed by atoms with E-state index in [-0.39, 0.29) is 5.91 Å². The summed E-state index contributed by atoms with van der Waals surface area (Å²) in [6.07, 6.45) is 0.800. The van der Waals surface area contributed by atoms with Gasteiger partial charge in [-0.1, -0.05) is 35.9 Å². The van der Waals surface area contributed by atoms with Crippen LogP contribution in [-0.4, -0.2) is 44.5 Å². The van der Waals surface area contributed by atoms with Crippen LogP contribution in [0.4, 0.5) is 0 Å². The molecule has 1 amide bonds. The molecule has 0 saturated heterocycles. The SMILES string of the molecule is CN=C(NCCc1cccc(C(=O)NC)c1)N(C)Cc1cccc(Cl)c1. The number of carbonyl (C=O) groups is 1. The van der Waals surface area contributed by atoms with Gasteiger partial charge in [-0.2, -0.15) is 0 Å². The van der Waals surface area contributed by atoms with Crippen LogP contribution in [0.2, 0.25) is 5.02 Å². The van der Waals surface area contributed by atoms with Gasteiger partial charge in [0.1, 0.15) is 0 Å². The first-order valence-corrected chi connectivity index (χ1v) is 8.88. The van der Waals surface area contributed by atoms with E-state index in [9.17, 15) is 4.79 Å². The molecule has 2 N–H and O–H groups in total. The molecule has 26 heavy (non-hydrogen) atoms. The number of benzene rings is 2. The molecule has 2 rings (SSSR count). The van der Waals surface area contributed by atoms with Gasteiger partial charge < -0.3 is 15.5 Å². The lowest BCUT2D eigenvalue weighted by Gasteiger charge is -2.22. The highest BCUT2D eigenvalue weighted by Crippen LogP contribution is 2.12. The third kappa shape index (κ3) is 5.77. The van der Waals surface area contributed by atoms with Gasteiger partial charge in [0.2, 0.25) is 0 Å². The Morgan fingerprint density at radius 2 is 1.88 bits per heavy atom. The highest BCUT2D eigenvalue weighted by molar-refractivity contribution is 6.30. The maximum Gasteiger partial charge on any atom is 0.251 e. The Morgan fingerprint density at radius 1 is 1.15 bits per heavy atom. The van der Waals surface area contributed by atoms with E-state index >= 15 is 0 Å². The van der Waals surface area contributed by atoms with Crippen LogP contribution in [0.15, 0.2) is 53.5 Å². The zero-order chi connectivity index (χ0) is 18.9. The van der Waals surface area contributed by atoms with E-state index in [0.29, 0.717) is 12.1 Å². The van der Waals surface area contributed by atoms with E-state index in [2.05, 4.69) is 15.6 Å². The van der Waals surface area contributed by atoms with E-state index in [1.165, 1.54) is 0 Å². The van der Waals surface area contributed by atoms with Crippen molar-refractivity contribution in [3.63, 3.8) is 0 Å². The van der Waals surface area contributed by atoms with Gasteiger partial charge in [0.05, 0.1) is 0 Å². The lowest BCUT2D eigenvalue weighted by Crippen LogP contribution is -2.39. The topological polar surface area (TPSA) is 56.7 Å². The van der Waals surface area contributed by atoms with Gasteiger partial charge in [0, 0.05) is 44.8 Å². The molecule has 0 bridgehead atoms. The first-order chi connectivity index (χ1) is 12.5. The zero-order valence-electron chi connectivity index (χ0n) is 15.4. The monoisotopic (exact) mass is 372 g/mol. The summed E-state index contributed by atoms with van der Waals surface area (Å²) in [7, 11) is 5.39. The van der Waals surface area contributed by atoms with Crippen LogP contribution in [0.3, 0.4) is 0 Å². The molecule has 0 aliphatic rings. The van der Waals surface area contributed by atoms with Crippen LogP contribution in [0, 0.1) is 0 Å². The fourth-order valence-corrected chi connectivity index (χ4v) is 2.91. The van der Waals surface area contributed by atoms with Crippen LogP contribution in [-0.2, 0) is 13.0 Å². The summed E-state index contributed by atoms with van der Waals surface area (Å²) in [5, 5.41) is 6.73. The van der Waals surface area contributed by atoms with Crippen molar-refractivity contribution in [2.75, 3.05) is 27.7 Å². The Bertz CT molecular complexity index is 776. The Morgan fingerprint density at radius 3 is 2.58 bits per heavy atom. The average Bonchev–Trinajstić information content (AvgIpc) is 2.64. The van der Waals surface area contributed by atoms with Gasteiger partial charge in [-0.3, -0.25) is 9.79 Å². The number of amides is 1. The second-order valence-corrected chi connectivity index (χ2v) is 6.43. The van der Waals surface area contributed by atoms with Crippen molar-refractivity contribution in [3.8, 4) is 0 Å². The van der Waals surface area contributed by atoms with Crippen LogP contribution >= 0.6 is 11.6 Å². The smallest absolute Gasteiger partial charge is 0.251 e. The zero-order valence-corrected chi connectivity index (χ0v) is 16.2.